The summed E-state index contributed by atoms with van der Waals surface area (Å²) in [6.45, 7) is 4.47. The van der Waals surface area contributed by atoms with Crippen LogP contribution in [0.1, 0.15) is 12.8 Å². The van der Waals surface area contributed by atoms with Gasteiger partial charge < -0.3 is 14.5 Å². The fourth-order valence-electron chi connectivity index (χ4n) is 2.61. The van der Waals surface area contributed by atoms with Gasteiger partial charge in [0.2, 0.25) is 0 Å². The van der Waals surface area contributed by atoms with Gasteiger partial charge in [-0.25, -0.2) is 0 Å². The van der Waals surface area contributed by atoms with Crippen LogP contribution in [0.15, 0.2) is 18.2 Å². The third-order valence-electron chi connectivity index (χ3n) is 3.57. The number of fused-ring (bicyclic) bond motifs is 1. The van der Waals surface area contributed by atoms with Crippen LogP contribution in [-0.4, -0.2) is 34.1 Å². The van der Waals surface area contributed by atoms with Gasteiger partial charge in [-0.05, 0) is 56.3 Å². The topological polar surface area (TPSA) is 24.0 Å². The molecule has 3 rings (SSSR count). The van der Waals surface area contributed by atoms with Crippen molar-refractivity contribution in [3.05, 3.63) is 28.0 Å². The van der Waals surface area contributed by atoms with Gasteiger partial charge in [0.05, 0.1) is 11.0 Å². The molecule has 0 spiro atoms. The highest BCUT2D eigenvalue weighted by atomic mass is 35.5. The predicted octanol–water partition coefficient (Wildman–Crippen LogP) is 3.45. The lowest BCUT2D eigenvalue weighted by molar-refractivity contribution is 0.323. The molecule has 5 heteroatoms. The zero-order valence-electron chi connectivity index (χ0n) is 10.2. The second kappa shape index (κ2) is 5.03. The summed E-state index contributed by atoms with van der Waals surface area (Å²) in [4.78, 5) is 5.71. The third kappa shape index (κ3) is 2.32. The molecule has 1 aliphatic rings. The number of benzene rings is 1. The molecule has 0 unspecified atom stereocenters. The van der Waals surface area contributed by atoms with Crippen LogP contribution in [0.2, 0.25) is 5.02 Å². The summed E-state index contributed by atoms with van der Waals surface area (Å²) in [7, 11) is 0. The maximum atomic E-state index is 5.99. The van der Waals surface area contributed by atoms with Crippen molar-refractivity contribution < 1.29 is 0 Å². The van der Waals surface area contributed by atoms with Gasteiger partial charge in [0.25, 0.3) is 0 Å². The Kier molecular flexibility index (Phi) is 3.41. The maximum Gasteiger partial charge on any atom is 0.178 e. The molecule has 2 aromatic rings. The van der Waals surface area contributed by atoms with Gasteiger partial charge in [-0.3, -0.25) is 0 Å². The van der Waals surface area contributed by atoms with E-state index in [0.29, 0.717) is 0 Å². The van der Waals surface area contributed by atoms with Crippen LogP contribution in [0.4, 0.5) is 0 Å². The summed E-state index contributed by atoms with van der Waals surface area (Å²) in [5.74, 6) is 0. The Hall–Kier alpha value is -0.840. The van der Waals surface area contributed by atoms with Crippen molar-refractivity contribution in [1.29, 1.82) is 0 Å². The highest BCUT2D eigenvalue weighted by Crippen LogP contribution is 2.19. The van der Waals surface area contributed by atoms with E-state index in [-0.39, 0.29) is 0 Å². The molecule has 0 amide bonds. The Bertz CT molecular complexity index is 610. The van der Waals surface area contributed by atoms with E-state index in [2.05, 4.69) is 14.5 Å². The minimum Gasteiger partial charge on any atom is -0.331 e. The number of imidazole rings is 1. The van der Waals surface area contributed by atoms with Crippen molar-refractivity contribution in [2.45, 2.75) is 19.4 Å². The van der Waals surface area contributed by atoms with Crippen LogP contribution < -0.4 is 0 Å². The van der Waals surface area contributed by atoms with E-state index in [1.165, 1.54) is 25.9 Å². The molecular formula is C13H16ClN3S. The molecule has 96 valence electrons. The molecule has 0 bridgehead atoms. The molecule has 1 aromatic carbocycles. The zero-order valence-corrected chi connectivity index (χ0v) is 11.7. The number of hydrogen-bond donors (Lipinski definition) is 1. The molecule has 1 aliphatic heterocycles. The van der Waals surface area contributed by atoms with Gasteiger partial charge in [0.1, 0.15) is 0 Å². The molecule has 1 saturated heterocycles. The second-order valence-corrected chi connectivity index (χ2v) is 5.62. The van der Waals surface area contributed by atoms with E-state index in [4.69, 9.17) is 23.8 Å². The van der Waals surface area contributed by atoms with Crippen LogP contribution in [-0.2, 0) is 6.54 Å². The van der Waals surface area contributed by atoms with E-state index in [1.54, 1.807) is 0 Å². The molecule has 1 N–H and O–H groups in total. The Balaban J connectivity index is 1.86. The number of H-pyrrole nitrogens is 1. The number of hydrogen-bond acceptors (Lipinski definition) is 2. The summed E-state index contributed by atoms with van der Waals surface area (Å²) in [6, 6.07) is 5.88. The fraction of sp³-hybridized carbons (Fsp3) is 0.462. The lowest BCUT2D eigenvalue weighted by Crippen LogP contribution is -2.24. The first-order valence-electron chi connectivity index (χ1n) is 6.34. The number of aromatic amines is 1. The highest BCUT2D eigenvalue weighted by molar-refractivity contribution is 7.71. The summed E-state index contributed by atoms with van der Waals surface area (Å²) < 4.78 is 2.95. The molecule has 0 aliphatic carbocycles. The van der Waals surface area contributed by atoms with Gasteiger partial charge in [0.15, 0.2) is 4.77 Å². The quantitative estimate of drug-likeness (QED) is 0.872. The average molecular weight is 282 g/mol. The van der Waals surface area contributed by atoms with Gasteiger partial charge >= 0.3 is 0 Å². The molecule has 0 radical (unpaired) electrons. The van der Waals surface area contributed by atoms with Crippen molar-refractivity contribution in [3.63, 3.8) is 0 Å². The Morgan fingerprint density at radius 3 is 2.78 bits per heavy atom. The normalized spacial score (nSPS) is 16.7. The van der Waals surface area contributed by atoms with Crippen LogP contribution in [0.3, 0.4) is 0 Å². The molecule has 0 atom stereocenters. The van der Waals surface area contributed by atoms with Crippen LogP contribution in [0.25, 0.3) is 11.0 Å². The number of halogens is 1. The highest BCUT2D eigenvalue weighted by Gasteiger charge is 2.12. The van der Waals surface area contributed by atoms with Crippen molar-refractivity contribution in [1.82, 2.24) is 14.5 Å². The molecule has 3 nitrogen and oxygen atoms in total. The summed E-state index contributed by atoms with van der Waals surface area (Å²) in [5.41, 5.74) is 2.16. The average Bonchev–Trinajstić information content (AvgIpc) is 2.93. The summed E-state index contributed by atoms with van der Waals surface area (Å²) in [6.07, 6.45) is 2.66. The molecule has 0 saturated carbocycles. The lowest BCUT2D eigenvalue weighted by atomic mass is 10.3. The standard InChI is InChI=1S/C13H16ClN3S/c14-10-3-4-12-11(9-10)15-13(18)17(12)8-7-16-5-1-2-6-16/h3-4,9H,1-2,5-8H2,(H,15,18). The van der Waals surface area contributed by atoms with Gasteiger partial charge in [-0.1, -0.05) is 11.6 Å². The second-order valence-electron chi connectivity index (χ2n) is 4.79. The van der Waals surface area contributed by atoms with E-state index < -0.39 is 0 Å². The van der Waals surface area contributed by atoms with E-state index >= 15 is 0 Å². The Morgan fingerprint density at radius 2 is 2.00 bits per heavy atom. The van der Waals surface area contributed by atoms with Crippen LogP contribution in [0, 0.1) is 4.77 Å². The largest absolute Gasteiger partial charge is 0.331 e. The third-order valence-corrected chi connectivity index (χ3v) is 4.13. The summed E-state index contributed by atoms with van der Waals surface area (Å²) >= 11 is 11.4. The van der Waals surface area contributed by atoms with Gasteiger partial charge in [0, 0.05) is 18.1 Å². The Labute approximate surface area is 116 Å². The van der Waals surface area contributed by atoms with Crippen LogP contribution >= 0.6 is 23.8 Å². The maximum absolute atomic E-state index is 5.99. The number of rotatable bonds is 3. The molecule has 2 heterocycles. The lowest BCUT2D eigenvalue weighted by Gasteiger charge is -2.15. The Morgan fingerprint density at radius 1 is 1.22 bits per heavy atom. The van der Waals surface area contributed by atoms with Crippen LogP contribution in [0.5, 0.6) is 0 Å². The number of nitrogens with one attached hydrogen (secondary N) is 1. The monoisotopic (exact) mass is 281 g/mol. The minimum atomic E-state index is 0.741. The SMILES string of the molecule is S=c1[nH]c2cc(Cl)ccc2n1CCN1CCCC1. The van der Waals surface area contributed by atoms with Crippen molar-refractivity contribution in [3.8, 4) is 0 Å². The molecular weight excluding hydrogens is 266 g/mol. The number of nitrogens with zero attached hydrogens (tertiary/aromatic N) is 2. The smallest absolute Gasteiger partial charge is 0.178 e. The minimum absolute atomic E-state index is 0.741. The van der Waals surface area contributed by atoms with E-state index in [9.17, 15) is 0 Å². The van der Waals surface area contributed by atoms with E-state index in [1.807, 2.05) is 18.2 Å². The van der Waals surface area contributed by atoms with Gasteiger partial charge in [-0.15, -0.1) is 0 Å². The molecule has 18 heavy (non-hydrogen) atoms. The summed E-state index contributed by atoms with van der Waals surface area (Å²) in [5, 5.41) is 0.741. The van der Waals surface area contributed by atoms with Crippen molar-refractivity contribution in [2.75, 3.05) is 19.6 Å². The number of aromatic nitrogens is 2. The first kappa shape index (κ1) is 12.2. The first-order valence-corrected chi connectivity index (χ1v) is 7.13. The van der Waals surface area contributed by atoms with Crippen molar-refractivity contribution in [2.24, 2.45) is 0 Å². The number of likely N-dealkylation sites (tertiary alicyclic amines) is 1. The fourth-order valence-corrected chi connectivity index (χ4v) is 3.08. The first-order chi connectivity index (χ1) is 8.74. The van der Waals surface area contributed by atoms with Crippen molar-refractivity contribution >= 4 is 34.9 Å². The molecule has 1 aromatic heterocycles. The predicted molar refractivity (Wildman–Crippen MR) is 77.8 cm³/mol. The molecule has 1 fully saturated rings. The van der Waals surface area contributed by atoms with Gasteiger partial charge in [-0.2, -0.15) is 0 Å². The zero-order chi connectivity index (χ0) is 12.5. The van der Waals surface area contributed by atoms with E-state index in [0.717, 1.165) is 33.9 Å².